The molecule has 0 atom stereocenters. The molecule has 0 aliphatic heterocycles. The molecule has 3 aromatic rings. The fourth-order valence-corrected chi connectivity index (χ4v) is 2.74. The Hall–Kier alpha value is -3.20. The van der Waals surface area contributed by atoms with Gasteiger partial charge >= 0.3 is 0 Å². The molecule has 9 nitrogen and oxygen atoms in total. The van der Waals surface area contributed by atoms with Crippen LogP contribution in [0.5, 0.6) is 0 Å². The van der Waals surface area contributed by atoms with Crippen LogP contribution < -0.4 is 16.6 Å². The predicted octanol–water partition coefficient (Wildman–Crippen LogP) is -0.646. The molecule has 0 saturated carbocycles. The number of aromatic nitrogens is 4. The lowest BCUT2D eigenvalue weighted by Gasteiger charge is -2.08. The summed E-state index contributed by atoms with van der Waals surface area (Å²) in [5.41, 5.74) is 4.21. The Bertz CT molecular complexity index is 1060. The zero-order valence-corrected chi connectivity index (χ0v) is 14.6. The zero-order chi connectivity index (χ0) is 18.7. The van der Waals surface area contributed by atoms with Gasteiger partial charge in [0.25, 0.3) is 5.56 Å². The highest BCUT2D eigenvalue weighted by molar-refractivity contribution is 5.97. The van der Waals surface area contributed by atoms with Crippen LogP contribution in [0.25, 0.3) is 11.2 Å². The van der Waals surface area contributed by atoms with Crippen molar-refractivity contribution in [3.05, 3.63) is 58.2 Å². The number of ketones is 1. The standard InChI is InChI=1S/C17H20N6O3/c1-21-15-14(23(8-9-24)11-18-15)16(26)22(2)17(21)20-19-10-13(25)12-6-4-3-5-7-12/h3-7,11,19,24H,8-10H2,1-2H3/b20-17-. The van der Waals surface area contributed by atoms with E-state index in [0.29, 0.717) is 22.3 Å². The summed E-state index contributed by atoms with van der Waals surface area (Å²) in [5.74, 6) is -0.102. The van der Waals surface area contributed by atoms with Gasteiger partial charge in [-0.05, 0) is 0 Å². The first-order valence-corrected chi connectivity index (χ1v) is 8.11. The molecule has 0 aliphatic rings. The number of nitrogens with one attached hydrogen (secondary N) is 1. The number of aryl methyl sites for hydroxylation is 1. The van der Waals surface area contributed by atoms with Gasteiger partial charge in [-0.15, -0.1) is 5.10 Å². The van der Waals surface area contributed by atoms with E-state index in [1.165, 1.54) is 10.9 Å². The van der Waals surface area contributed by atoms with Crippen LogP contribution in [0.15, 0.2) is 46.6 Å². The summed E-state index contributed by atoms with van der Waals surface area (Å²) < 4.78 is 4.64. The first-order chi connectivity index (χ1) is 12.5. The van der Waals surface area contributed by atoms with Crippen LogP contribution in [0.4, 0.5) is 0 Å². The molecule has 0 unspecified atom stereocenters. The van der Waals surface area contributed by atoms with Crippen molar-refractivity contribution in [2.24, 2.45) is 19.2 Å². The average molecular weight is 356 g/mol. The van der Waals surface area contributed by atoms with Crippen molar-refractivity contribution in [2.45, 2.75) is 6.54 Å². The van der Waals surface area contributed by atoms with E-state index in [-0.39, 0.29) is 31.0 Å². The molecule has 9 heteroatoms. The minimum atomic E-state index is -0.279. The normalized spacial score (nSPS) is 11.9. The monoisotopic (exact) mass is 356 g/mol. The number of imidazole rings is 1. The predicted molar refractivity (Wildman–Crippen MR) is 95.4 cm³/mol. The fraction of sp³-hybridized carbons (Fsp3) is 0.294. The number of fused-ring (bicyclic) bond motifs is 1. The summed E-state index contributed by atoms with van der Waals surface area (Å²) in [6.07, 6.45) is 1.51. The molecule has 0 spiro atoms. The Morgan fingerprint density at radius 2 is 1.96 bits per heavy atom. The highest BCUT2D eigenvalue weighted by Gasteiger charge is 2.13. The van der Waals surface area contributed by atoms with Crippen molar-refractivity contribution in [3.63, 3.8) is 0 Å². The maximum atomic E-state index is 12.6. The van der Waals surface area contributed by atoms with Crippen LogP contribution in [0.1, 0.15) is 10.4 Å². The first kappa shape index (κ1) is 17.6. The van der Waals surface area contributed by atoms with Gasteiger partial charge < -0.3 is 9.67 Å². The molecule has 0 radical (unpaired) electrons. The third-order valence-electron chi connectivity index (χ3n) is 4.10. The Morgan fingerprint density at radius 1 is 1.23 bits per heavy atom. The fourth-order valence-electron chi connectivity index (χ4n) is 2.74. The molecule has 0 bridgehead atoms. The van der Waals surface area contributed by atoms with Crippen LogP contribution in [-0.2, 0) is 20.6 Å². The third kappa shape index (κ3) is 3.16. The lowest BCUT2D eigenvalue weighted by Crippen LogP contribution is -2.40. The Morgan fingerprint density at radius 3 is 2.65 bits per heavy atom. The van der Waals surface area contributed by atoms with Crippen molar-refractivity contribution < 1.29 is 9.90 Å². The highest BCUT2D eigenvalue weighted by atomic mass is 16.3. The second-order valence-electron chi connectivity index (χ2n) is 5.79. The number of hydrogen-bond donors (Lipinski definition) is 2. The average Bonchev–Trinajstić information content (AvgIpc) is 3.07. The number of carbonyl (C=O) groups excluding carboxylic acids is 1. The van der Waals surface area contributed by atoms with Crippen LogP contribution in [0.3, 0.4) is 0 Å². The molecule has 0 aliphatic carbocycles. The van der Waals surface area contributed by atoms with Gasteiger partial charge in [0.15, 0.2) is 16.9 Å². The topological polar surface area (TPSA) is 106 Å². The third-order valence-corrected chi connectivity index (χ3v) is 4.10. The maximum absolute atomic E-state index is 12.6. The van der Waals surface area contributed by atoms with E-state index in [0.717, 1.165) is 0 Å². The molecule has 136 valence electrons. The van der Waals surface area contributed by atoms with E-state index < -0.39 is 0 Å². The van der Waals surface area contributed by atoms with Crippen molar-refractivity contribution in [1.82, 2.24) is 24.1 Å². The highest BCUT2D eigenvalue weighted by Crippen LogP contribution is 2.04. The molecule has 2 N–H and O–H groups in total. The minimum Gasteiger partial charge on any atom is -0.395 e. The van der Waals surface area contributed by atoms with E-state index in [4.69, 9.17) is 5.11 Å². The number of benzene rings is 1. The van der Waals surface area contributed by atoms with E-state index in [9.17, 15) is 9.59 Å². The van der Waals surface area contributed by atoms with Gasteiger partial charge in [-0.25, -0.2) is 4.98 Å². The SMILES string of the molecule is Cn1c(=O)c2c(ncn2CCO)n(C)/c1=N/NCC(=O)c1ccccc1. The van der Waals surface area contributed by atoms with Crippen LogP contribution >= 0.6 is 0 Å². The number of Topliss-reactive ketones (excluding diaryl/α,β-unsaturated/α-hetero) is 1. The lowest BCUT2D eigenvalue weighted by atomic mass is 10.1. The van der Waals surface area contributed by atoms with Gasteiger partial charge in [-0.1, -0.05) is 30.3 Å². The quantitative estimate of drug-likeness (QED) is 0.451. The summed E-state index contributed by atoms with van der Waals surface area (Å²) >= 11 is 0. The van der Waals surface area contributed by atoms with Gasteiger partial charge in [0.05, 0.1) is 19.5 Å². The summed E-state index contributed by atoms with van der Waals surface area (Å²) in [6.45, 7) is 0.203. The van der Waals surface area contributed by atoms with Crippen LogP contribution in [0.2, 0.25) is 0 Å². The molecule has 1 aromatic carbocycles. The molecule has 2 heterocycles. The number of aliphatic hydroxyl groups is 1. The van der Waals surface area contributed by atoms with Crippen molar-refractivity contribution in [3.8, 4) is 0 Å². The van der Waals surface area contributed by atoms with Crippen molar-refractivity contribution in [1.29, 1.82) is 0 Å². The Kier molecular flexibility index (Phi) is 4.99. The molecule has 0 fully saturated rings. The maximum Gasteiger partial charge on any atom is 0.280 e. The summed E-state index contributed by atoms with van der Waals surface area (Å²) in [5, 5.41) is 13.3. The van der Waals surface area contributed by atoms with Gasteiger partial charge in [0, 0.05) is 26.2 Å². The largest absolute Gasteiger partial charge is 0.395 e. The molecule has 2 aromatic heterocycles. The van der Waals surface area contributed by atoms with Gasteiger partial charge in [-0.2, -0.15) is 0 Å². The number of aliphatic hydroxyl groups excluding tert-OH is 1. The number of rotatable bonds is 6. The summed E-state index contributed by atoms with van der Waals surface area (Å²) in [4.78, 5) is 29.0. The first-order valence-electron chi connectivity index (χ1n) is 8.11. The summed E-state index contributed by atoms with van der Waals surface area (Å²) in [6, 6.07) is 8.91. The molecule has 0 saturated heterocycles. The number of hydrogen-bond acceptors (Lipinski definition) is 6. The van der Waals surface area contributed by atoms with E-state index in [2.05, 4.69) is 15.5 Å². The van der Waals surface area contributed by atoms with Gasteiger partial charge in [0.1, 0.15) is 0 Å². The molecular formula is C17H20N6O3. The smallest absolute Gasteiger partial charge is 0.280 e. The van der Waals surface area contributed by atoms with E-state index >= 15 is 0 Å². The molecular weight excluding hydrogens is 336 g/mol. The molecule has 0 amide bonds. The number of carbonyl (C=O) groups is 1. The molecule has 26 heavy (non-hydrogen) atoms. The van der Waals surface area contributed by atoms with Crippen LogP contribution in [0, 0.1) is 0 Å². The Balaban J connectivity index is 1.94. The van der Waals surface area contributed by atoms with Gasteiger partial charge in [0.2, 0.25) is 5.62 Å². The van der Waals surface area contributed by atoms with Gasteiger partial charge in [-0.3, -0.25) is 24.1 Å². The number of nitrogens with zero attached hydrogens (tertiary/aromatic N) is 5. The van der Waals surface area contributed by atoms with Crippen molar-refractivity contribution in [2.75, 3.05) is 13.2 Å². The van der Waals surface area contributed by atoms with E-state index in [1.807, 2.05) is 6.07 Å². The van der Waals surface area contributed by atoms with Crippen LogP contribution in [-0.4, -0.2) is 42.7 Å². The van der Waals surface area contributed by atoms with Crippen molar-refractivity contribution >= 4 is 16.9 Å². The lowest BCUT2D eigenvalue weighted by molar-refractivity contribution is 0.0991. The summed E-state index contributed by atoms with van der Waals surface area (Å²) in [7, 11) is 3.33. The Labute approximate surface area is 148 Å². The second kappa shape index (κ2) is 7.36. The minimum absolute atomic E-state index is 0.00912. The second-order valence-corrected chi connectivity index (χ2v) is 5.79. The molecule has 3 rings (SSSR count). The van der Waals surface area contributed by atoms with E-state index in [1.54, 1.807) is 47.5 Å². The zero-order valence-electron chi connectivity index (χ0n) is 14.6.